The number of hydrogen-bond acceptors (Lipinski definition) is 6. The molecule has 2 atom stereocenters. The Morgan fingerprint density at radius 3 is 2.82 bits per heavy atom. The Hall–Kier alpha value is -4.04. The first-order chi connectivity index (χ1) is 16.2. The highest BCUT2D eigenvalue weighted by molar-refractivity contribution is 5.57. The molecule has 0 radical (unpaired) electrons. The Kier molecular flexibility index (Phi) is 4.66. The van der Waals surface area contributed by atoms with E-state index in [0.717, 1.165) is 40.1 Å². The van der Waals surface area contributed by atoms with Gasteiger partial charge in [0, 0.05) is 31.1 Å². The summed E-state index contributed by atoms with van der Waals surface area (Å²) in [7, 11) is 0. The van der Waals surface area contributed by atoms with Crippen LogP contribution in [0.2, 0.25) is 0 Å². The van der Waals surface area contributed by atoms with Crippen LogP contribution in [0.1, 0.15) is 46.0 Å². The highest BCUT2D eigenvalue weighted by Gasteiger charge is 2.35. The monoisotopic (exact) mass is 437 g/mol. The molecular weight excluding hydrogens is 414 g/mol. The van der Waals surface area contributed by atoms with E-state index in [1.807, 2.05) is 47.1 Å². The molecule has 0 saturated heterocycles. The standard InChI is InChI=1S/C25H23N7O/c1-16-6-5-12-32-21(16)14-20(30-32)23-22-18(27-15-28-22)10-13-31(23)25-26-11-9-19(29-25)24(33)17-7-3-2-4-8-17/h2-9,11-12,14-15,23-24,33H,10,13H2,1H3,(H,27,28)/t23-,24?/m0/s1. The van der Waals surface area contributed by atoms with E-state index in [4.69, 9.17) is 10.1 Å². The summed E-state index contributed by atoms with van der Waals surface area (Å²) in [4.78, 5) is 19.4. The number of hydrogen-bond donors (Lipinski definition) is 2. The number of aromatic amines is 1. The number of benzene rings is 1. The molecule has 5 aromatic rings. The number of aliphatic hydroxyl groups is 1. The number of H-pyrrole nitrogens is 1. The zero-order valence-corrected chi connectivity index (χ0v) is 18.1. The number of aromatic nitrogens is 6. The molecule has 0 amide bonds. The minimum atomic E-state index is -0.824. The van der Waals surface area contributed by atoms with E-state index in [1.165, 1.54) is 0 Å². The lowest BCUT2D eigenvalue weighted by molar-refractivity contribution is 0.215. The van der Waals surface area contributed by atoms with Crippen molar-refractivity contribution in [2.24, 2.45) is 0 Å². The Bertz CT molecular complexity index is 1430. The van der Waals surface area contributed by atoms with E-state index >= 15 is 0 Å². The fourth-order valence-corrected chi connectivity index (χ4v) is 4.56. The van der Waals surface area contributed by atoms with Gasteiger partial charge in [-0.15, -0.1) is 0 Å². The summed E-state index contributed by atoms with van der Waals surface area (Å²) in [6.45, 7) is 2.79. The number of aryl methyl sites for hydroxylation is 1. The molecule has 0 fully saturated rings. The molecule has 33 heavy (non-hydrogen) atoms. The van der Waals surface area contributed by atoms with Crippen LogP contribution in [-0.4, -0.2) is 41.2 Å². The molecule has 2 N–H and O–H groups in total. The van der Waals surface area contributed by atoms with Gasteiger partial charge in [-0.1, -0.05) is 36.4 Å². The van der Waals surface area contributed by atoms with Gasteiger partial charge < -0.3 is 15.0 Å². The van der Waals surface area contributed by atoms with Crippen LogP contribution in [0.4, 0.5) is 5.95 Å². The summed E-state index contributed by atoms with van der Waals surface area (Å²) in [5, 5.41) is 15.8. The van der Waals surface area contributed by atoms with Gasteiger partial charge in [0.1, 0.15) is 12.1 Å². The van der Waals surface area contributed by atoms with Gasteiger partial charge in [-0.05, 0) is 36.2 Å². The minimum absolute atomic E-state index is 0.233. The second-order valence-corrected chi connectivity index (χ2v) is 8.30. The number of aliphatic hydroxyl groups excluding tert-OH is 1. The number of imidazole rings is 1. The van der Waals surface area contributed by atoms with Crippen molar-refractivity contribution in [3.05, 3.63) is 107 Å². The first kappa shape index (κ1) is 19.6. The molecule has 6 rings (SSSR count). The van der Waals surface area contributed by atoms with Gasteiger partial charge in [0.2, 0.25) is 5.95 Å². The topological polar surface area (TPSA) is 95.2 Å². The molecule has 4 aromatic heterocycles. The largest absolute Gasteiger partial charge is 0.382 e. The summed E-state index contributed by atoms with van der Waals surface area (Å²) in [6, 6.07) is 17.2. The summed E-state index contributed by atoms with van der Waals surface area (Å²) < 4.78 is 1.90. The van der Waals surface area contributed by atoms with Crippen molar-refractivity contribution < 1.29 is 5.11 Å². The predicted octanol–water partition coefficient (Wildman–Crippen LogP) is 3.39. The van der Waals surface area contributed by atoms with Crippen molar-refractivity contribution in [2.75, 3.05) is 11.4 Å². The minimum Gasteiger partial charge on any atom is -0.382 e. The molecule has 8 heteroatoms. The Balaban J connectivity index is 1.44. The molecule has 8 nitrogen and oxygen atoms in total. The van der Waals surface area contributed by atoms with Gasteiger partial charge in [0.05, 0.1) is 28.9 Å². The number of fused-ring (bicyclic) bond motifs is 2. The van der Waals surface area contributed by atoms with Crippen LogP contribution in [0.15, 0.2) is 73.3 Å². The Morgan fingerprint density at radius 2 is 1.97 bits per heavy atom. The van der Waals surface area contributed by atoms with Gasteiger partial charge in [-0.3, -0.25) is 0 Å². The summed E-state index contributed by atoms with van der Waals surface area (Å²) in [6.07, 6.45) is 5.37. The maximum absolute atomic E-state index is 10.9. The van der Waals surface area contributed by atoms with Gasteiger partial charge >= 0.3 is 0 Å². The van der Waals surface area contributed by atoms with Crippen LogP contribution < -0.4 is 4.90 Å². The average Bonchev–Trinajstić information content (AvgIpc) is 3.51. The Labute approximate surface area is 190 Å². The molecule has 0 spiro atoms. The Morgan fingerprint density at radius 1 is 1.09 bits per heavy atom. The number of anilines is 1. The van der Waals surface area contributed by atoms with Crippen LogP contribution >= 0.6 is 0 Å². The number of rotatable bonds is 4. The zero-order valence-electron chi connectivity index (χ0n) is 18.1. The second-order valence-electron chi connectivity index (χ2n) is 8.30. The summed E-state index contributed by atoms with van der Waals surface area (Å²) >= 11 is 0. The van der Waals surface area contributed by atoms with Crippen molar-refractivity contribution >= 4 is 11.5 Å². The molecule has 5 heterocycles. The van der Waals surface area contributed by atoms with Crippen molar-refractivity contribution in [1.29, 1.82) is 0 Å². The van der Waals surface area contributed by atoms with Crippen LogP contribution in [-0.2, 0) is 6.42 Å². The van der Waals surface area contributed by atoms with Crippen molar-refractivity contribution in [2.45, 2.75) is 25.5 Å². The molecule has 1 aliphatic rings. The second kappa shape index (κ2) is 7.83. The quantitative estimate of drug-likeness (QED) is 0.448. The zero-order chi connectivity index (χ0) is 22.4. The van der Waals surface area contributed by atoms with Crippen LogP contribution in [0, 0.1) is 6.92 Å². The lowest BCUT2D eigenvalue weighted by Crippen LogP contribution is -2.38. The third-order valence-electron chi connectivity index (χ3n) is 6.25. The maximum atomic E-state index is 10.9. The molecule has 1 aromatic carbocycles. The van der Waals surface area contributed by atoms with E-state index in [1.54, 1.807) is 18.6 Å². The van der Waals surface area contributed by atoms with Crippen LogP contribution in [0.25, 0.3) is 5.52 Å². The first-order valence-electron chi connectivity index (χ1n) is 11.0. The molecular formula is C25H23N7O. The van der Waals surface area contributed by atoms with Gasteiger partial charge in [-0.25, -0.2) is 19.5 Å². The highest BCUT2D eigenvalue weighted by atomic mass is 16.3. The normalized spacial score (nSPS) is 16.7. The van der Waals surface area contributed by atoms with E-state index in [-0.39, 0.29) is 6.04 Å². The third kappa shape index (κ3) is 3.35. The van der Waals surface area contributed by atoms with E-state index in [9.17, 15) is 5.11 Å². The number of nitrogens with zero attached hydrogens (tertiary/aromatic N) is 6. The highest BCUT2D eigenvalue weighted by Crippen LogP contribution is 2.36. The van der Waals surface area contributed by atoms with E-state index in [2.05, 4.69) is 38.9 Å². The predicted molar refractivity (Wildman–Crippen MR) is 124 cm³/mol. The van der Waals surface area contributed by atoms with Gasteiger partial charge in [0.25, 0.3) is 0 Å². The van der Waals surface area contributed by atoms with E-state index in [0.29, 0.717) is 18.2 Å². The van der Waals surface area contributed by atoms with Gasteiger partial charge in [0.15, 0.2) is 0 Å². The summed E-state index contributed by atoms with van der Waals surface area (Å²) in [5.41, 5.74) is 6.49. The average molecular weight is 438 g/mol. The van der Waals surface area contributed by atoms with Crippen LogP contribution in [0.5, 0.6) is 0 Å². The van der Waals surface area contributed by atoms with Crippen molar-refractivity contribution in [3.63, 3.8) is 0 Å². The van der Waals surface area contributed by atoms with Crippen molar-refractivity contribution in [3.8, 4) is 0 Å². The lowest BCUT2D eigenvalue weighted by Gasteiger charge is -2.34. The number of pyridine rings is 1. The molecule has 1 unspecified atom stereocenters. The molecule has 0 saturated carbocycles. The molecule has 0 aliphatic carbocycles. The maximum Gasteiger partial charge on any atom is 0.226 e. The number of nitrogens with one attached hydrogen (secondary N) is 1. The molecule has 164 valence electrons. The molecule has 1 aliphatic heterocycles. The van der Waals surface area contributed by atoms with Gasteiger partial charge in [-0.2, -0.15) is 5.10 Å². The SMILES string of the molecule is Cc1cccn2nc([C@H]3c4nc[nH]c4CCN3c3nccc(C(O)c4ccccc4)n3)cc12. The first-order valence-corrected chi connectivity index (χ1v) is 11.0. The fourth-order valence-electron chi connectivity index (χ4n) is 4.56. The van der Waals surface area contributed by atoms with Crippen molar-refractivity contribution in [1.82, 2.24) is 29.5 Å². The summed E-state index contributed by atoms with van der Waals surface area (Å²) in [5.74, 6) is 0.551. The fraction of sp³-hybridized carbons (Fsp3) is 0.200. The molecule has 0 bridgehead atoms. The van der Waals surface area contributed by atoms with Crippen LogP contribution in [0.3, 0.4) is 0 Å². The third-order valence-corrected chi connectivity index (χ3v) is 6.25. The van der Waals surface area contributed by atoms with E-state index < -0.39 is 6.10 Å². The lowest BCUT2D eigenvalue weighted by atomic mass is 10.00. The smallest absolute Gasteiger partial charge is 0.226 e.